The monoisotopic (exact) mass is 274 g/mol. The first-order valence-corrected chi connectivity index (χ1v) is 6.11. The third-order valence-electron chi connectivity index (χ3n) is 2.76. The van der Waals surface area contributed by atoms with Gasteiger partial charge in [0.2, 0.25) is 5.91 Å². The van der Waals surface area contributed by atoms with E-state index in [9.17, 15) is 4.79 Å². The molecule has 0 aliphatic heterocycles. The Morgan fingerprint density at radius 2 is 2.28 bits per heavy atom. The Kier molecular flexibility index (Phi) is 8.41. The van der Waals surface area contributed by atoms with E-state index in [4.69, 9.17) is 5.73 Å². The lowest BCUT2D eigenvalue weighted by molar-refractivity contribution is -0.131. The van der Waals surface area contributed by atoms with Crippen molar-refractivity contribution in [3.8, 4) is 0 Å². The molecule has 104 valence electrons. The minimum Gasteiger partial charge on any atom is -0.344 e. The third kappa shape index (κ3) is 5.51. The normalized spacial score (nSPS) is 11.7. The number of amides is 1. The number of carbonyl (C=O) groups excluding carboxylic acids is 1. The highest BCUT2D eigenvalue weighted by atomic mass is 35.5. The van der Waals surface area contributed by atoms with Crippen LogP contribution in [0.3, 0.4) is 0 Å². The molecule has 0 radical (unpaired) electrons. The Bertz CT molecular complexity index is 329. The van der Waals surface area contributed by atoms with Crippen LogP contribution in [0.2, 0.25) is 0 Å². The molecule has 0 aliphatic rings. The van der Waals surface area contributed by atoms with E-state index in [0.717, 1.165) is 32.4 Å². The summed E-state index contributed by atoms with van der Waals surface area (Å²) in [6, 6.07) is -0.349. The van der Waals surface area contributed by atoms with E-state index in [1.165, 1.54) is 0 Å². The standard InChI is InChI=1S/C12H22N4O.ClH/c1-3-5-11(13)12(17)15(2)7-4-8-16-9-6-14-10-16;/h6,9-11H,3-5,7-8,13H2,1-2H3;1H. The molecule has 0 aliphatic carbocycles. The van der Waals surface area contributed by atoms with Gasteiger partial charge in [0.05, 0.1) is 12.4 Å². The Balaban J connectivity index is 0.00000289. The number of likely N-dealkylation sites (N-methyl/N-ethyl adjacent to an activating group) is 1. The molecule has 0 saturated carbocycles. The van der Waals surface area contributed by atoms with Crippen molar-refractivity contribution in [3.63, 3.8) is 0 Å². The Hall–Kier alpha value is -1.07. The fraction of sp³-hybridized carbons (Fsp3) is 0.667. The summed E-state index contributed by atoms with van der Waals surface area (Å²) < 4.78 is 2.00. The van der Waals surface area contributed by atoms with Crippen LogP contribution in [-0.2, 0) is 11.3 Å². The lowest BCUT2D eigenvalue weighted by Crippen LogP contribution is -2.42. The van der Waals surface area contributed by atoms with Crippen LogP contribution in [0.5, 0.6) is 0 Å². The van der Waals surface area contributed by atoms with Gasteiger partial charge < -0.3 is 15.2 Å². The predicted octanol–water partition coefficient (Wildman–Crippen LogP) is 1.28. The number of nitrogens with two attached hydrogens (primary N) is 1. The molecule has 0 saturated heterocycles. The van der Waals surface area contributed by atoms with Crippen molar-refractivity contribution in [1.29, 1.82) is 0 Å². The molecule has 18 heavy (non-hydrogen) atoms. The third-order valence-corrected chi connectivity index (χ3v) is 2.76. The fourth-order valence-electron chi connectivity index (χ4n) is 1.74. The summed E-state index contributed by atoms with van der Waals surface area (Å²) in [5.74, 6) is 0.0393. The van der Waals surface area contributed by atoms with Crippen LogP contribution >= 0.6 is 12.4 Å². The molecule has 0 bridgehead atoms. The van der Waals surface area contributed by atoms with E-state index >= 15 is 0 Å². The van der Waals surface area contributed by atoms with Crippen molar-refractivity contribution in [3.05, 3.63) is 18.7 Å². The summed E-state index contributed by atoms with van der Waals surface area (Å²) >= 11 is 0. The first-order valence-electron chi connectivity index (χ1n) is 6.11. The van der Waals surface area contributed by atoms with Gasteiger partial charge in [-0.2, -0.15) is 0 Å². The van der Waals surface area contributed by atoms with Gasteiger partial charge in [-0.15, -0.1) is 12.4 Å². The maximum atomic E-state index is 11.8. The van der Waals surface area contributed by atoms with E-state index in [2.05, 4.69) is 4.98 Å². The zero-order valence-electron chi connectivity index (χ0n) is 11.1. The van der Waals surface area contributed by atoms with Gasteiger partial charge >= 0.3 is 0 Å². The number of hydrogen-bond donors (Lipinski definition) is 1. The summed E-state index contributed by atoms with van der Waals surface area (Å²) in [5, 5.41) is 0. The number of nitrogens with zero attached hydrogens (tertiary/aromatic N) is 3. The minimum atomic E-state index is -0.349. The molecule has 1 heterocycles. The highest BCUT2D eigenvalue weighted by molar-refractivity contribution is 5.85. The molecule has 1 rings (SSSR count). The van der Waals surface area contributed by atoms with E-state index in [1.807, 2.05) is 24.7 Å². The molecular formula is C12H23ClN4O. The number of hydrogen-bond acceptors (Lipinski definition) is 3. The quantitative estimate of drug-likeness (QED) is 0.815. The van der Waals surface area contributed by atoms with E-state index in [-0.39, 0.29) is 24.4 Å². The first kappa shape index (κ1) is 16.9. The van der Waals surface area contributed by atoms with Crippen molar-refractivity contribution in [1.82, 2.24) is 14.5 Å². The first-order chi connectivity index (χ1) is 8.15. The van der Waals surface area contributed by atoms with Crippen LogP contribution < -0.4 is 5.73 Å². The average molecular weight is 275 g/mol. The smallest absolute Gasteiger partial charge is 0.239 e. The summed E-state index contributed by atoms with van der Waals surface area (Å²) in [7, 11) is 1.81. The topological polar surface area (TPSA) is 64.2 Å². The molecule has 0 spiro atoms. The van der Waals surface area contributed by atoms with Gasteiger partial charge in [0.15, 0.2) is 0 Å². The van der Waals surface area contributed by atoms with Crippen molar-refractivity contribution in [2.75, 3.05) is 13.6 Å². The minimum absolute atomic E-state index is 0. The van der Waals surface area contributed by atoms with E-state index in [1.54, 1.807) is 17.4 Å². The van der Waals surface area contributed by atoms with Crippen molar-refractivity contribution in [2.45, 2.75) is 38.8 Å². The van der Waals surface area contributed by atoms with Crippen molar-refractivity contribution >= 4 is 18.3 Å². The van der Waals surface area contributed by atoms with Crippen molar-refractivity contribution in [2.24, 2.45) is 5.73 Å². The molecule has 2 N–H and O–H groups in total. The second kappa shape index (κ2) is 8.94. The summed E-state index contributed by atoms with van der Waals surface area (Å²) in [4.78, 5) is 17.5. The van der Waals surface area contributed by atoms with Gasteiger partial charge in [0.25, 0.3) is 0 Å². The maximum absolute atomic E-state index is 11.8. The fourth-order valence-corrected chi connectivity index (χ4v) is 1.74. The number of imidazole rings is 1. The molecule has 0 aromatic carbocycles. The van der Waals surface area contributed by atoms with Gasteiger partial charge in [-0.05, 0) is 12.8 Å². The van der Waals surface area contributed by atoms with Crippen molar-refractivity contribution < 1.29 is 4.79 Å². The lowest BCUT2D eigenvalue weighted by atomic mass is 10.1. The van der Waals surface area contributed by atoms with Crippen LogP contribution in [0.1, 0.15) is 26.2 Å². The highest BCUT2D eigenvalue weighted by Gasteiger charge is 2.16. The van der Waals surface area contributed by atoms with Gasteiger partial charge in [-0.25, -0.2) is 4.98 Å². The second-order valence-electron chi connectivity index (χ2n) is 4.31. The van der Waals surface area contributed by atoms with Crippen LogP contribution in [0.4, 0.5) is 0 Å². The number of halogens is 1. The molecule has 1 amide bonds. The number of carbonyl (C=O) groups is 1. The van der Waals surface area contributed by atoms with Crippen LogP contribution in [0.15, 0.2) is 18.7 Å². The molecule has 1 aromatic heterocycles. The zero-order valence-corrected chi connectivity index (χ0v) is 11.9. The number of aryl methyl sites for hydroxylation is 1. The van der Waals surface area contributed by atoms with Crippen LogP contribution in [-0.4, -0.2) is 40.0 Å². The lowest BCUT2D eigenvalue weighted by Gasteiger charge is -2.21. The molecule has 5 nitrogen and oxygen atoms in total. The second-order valence-corrected chi connectivity index (χ2v) is 4.31. The number of rotatable bonds is 7. The maximum Gasteiger partial charge on any atom is 0.239 e. The van der Waals surface area contributed by atoms with Crippen LogP contribution in [0, 0.1) is 0 Å². The molecule has 6 heteroatoms. The SMILES string of the molecule is CCCC(N)C(=O)N(C)CCCn1ccnc1.Cl. The Morgan fingerprint density at radius 1 is 1.56 bits per heavy atom. The molecule has 1 aromatic rings. The summed E-state index contributed by atoms with van der Waals surface area (Å²) in [6.07, 6.45) is 8.07. The molecular weight excluding hydrogens is 252 g/mol. The van der Waals surface area contributed by atoms with E-state index < -0.39 is 0 Å². The zero-order chi connectivity index (χ0) is 12.7. The largest absolute Gasteiger partial charge is 0.344 e. The van der Waals surface area contributed by atoms with Gasteiger partial charge in [0.1, 0.15) is 0 Å². The number of aromatic nitrogens is 2. The van der Waals surface area contributed by atoms with Gasteiger partial charge in [-0.3, -0.25) is 4.79 Å². The Morgan fingerprint density at radius 3 is 2.83 bits per heavy atom. The summed E-state index contributed by atoms with van der Waals surface area (Å²) in [6.45, 7) is 3.64. The molecule has 0 fully saturated rings. The van der Waals surface area contributed by atoms with Crippen LogP contribution in [0.25, 0.3) is 0 Å². The van der Waals surface area contributed by atoms with Gasteiger partial charge in [-0.1, -0.05) is 13.3 Å². The van der Waals surface area contributed by atoms with E-state index in [0.29, 0.717) is 0 Å². The van der Waals surface area contributed by atoms with Gasteiger partial charge in [0, 0.05) is 32.5 Å². The summed E-state index contributed by atoms with van der Waals surface area (Å²) in [5.41, 5.74) is 5.79. The highest BCUT2D eigenvalue weighted by Crippen LogP contribution is 2.00. The predicted molar refractivity (Wildman–Crippen MR) is 74.6 cm³/mol. The average Bonchev–Trinajstić information content (AvgIpc) is 2.81. The molecule has 1 unspecified atom stereocenters. The molecule has 1 atom stereocenters. The Labute approximate surface area is 115 Å².